The van der Waals surface area contributed by atoms with Crippen LogP contribution in [-0.2, 0) is 12.7 Å². The van der Waals surface area contributed by atoms with Crippen LogP contribution in [0.15, 0.2) is 36.5 Å². The molecule has 19 heavy (non-hydrogen) atoms. The van der Waals surface area contributed by atoms with Gasteiger partial charge in [0.2, 0.25) is 0 Å². The molecule has 0 fully saturated rings. The molecule has 0 saturated heterocycles. The number of hydrogen-bond acceptors (Lipinski definition) is 2. The van der Waals surface area contributed by atoms with E-state index in [1.165, 1.54) is 12.1 Å². The van der Waals surface area contributed by atoms with E-state index < -0.39 is 11.7 Å². The molecule has 0 spiro atoms. The maximum absolute atomic E-state index is 12.5. The first-order chi connectivity index (χ1) is 8.91. The van der Waals surface area contributed by atoms with Gasteiger partial charge in [0.05, 0.1) is 11.3 Å². The largest absolute Gasteiger partial charge is 0.416 e. The SMILES string of the molecule is Cc1cnc(-c2ccc(C(F)(F)F)cc2)cc1CN. The zero-order valence-corrected chi connectivity index (χ0v) is 10.3. The molecular formula is C14H13F3N2. The number of pyridine rings is 1. The first-order valence-electron chi connectivity index (χ1n) is 5.75. The second-order valence-corrected chi connectivity index (χ2v) is 4.28. The summed E-state index contributed by atoms with van der Waals surface area (Å²) in [4.78, 5) is 4.21. The summed E-state index contributed by atoms with van der Waals surface area (Å²) in [6.45, 7) is 2.27. The molecule has 0 aliphatic carbocycles. The molecule has 2 rings (SSSR count). The van der Waals surface area contributed by atoms with E-state index in [1.807, 2.05) is 6.92 Å². The Morgan fingerprint density at radius 2 is 1.79 bits per heavy atom. The number of benzene rings is 1. The second kappa shape index (κ2) is 5.01. The van der Waals surface area contributed by atoms with Gasteiger partial charge in [-0.1, -0.05) is 12.1 Å². The predicted octanol–water partition coefficient (Wildman–Crippen LogP) is 3.53. The Morgan fingerprint density at radius 1 is 1.16 bits per heavy atom. The molecule has 1 aromatic heterocycles. The maximum atomic E-state index is 12.5. The van der Waals surface area contributed by atoms with Crippen molar-refractivity contribution >= 4 is 0 Å². The third-order valence-electron chi connectivity index (χ3n) is 2.94. The minimum absolute atomic E-state index is 0.377. The van der Waals surface area contributed by atoms with Crippen LogP contribution in [-0.4, -0.2) is 4.98 Å². The van der Waals surface area contributed by atoms with E-state index in [0.717, 1.165) is 23.3 Å². The third kappa shape index (κ3) is 2.93. The number of nitrogens with zero attached hydrogens (tertiary/aromatic N) is 1. The smallest absolute Gasteiger partial charge is 0.326 e. The Morgan fingerprint density at radius 3 is 2.32 bits per heavy atom. The summed E-state index contributed by atoms with van der Waals surface area (Å²) in [6.07, 6.45) is -2.64. The van der Waals surface area contributed by atoms with Crippen molar-refractivity contribution in [1.29, 1.82) is 0 Å². The average molecular weight is 266 g/mol. The van der Waals surface area contributed by atoms with Crippen molar-refractivity contribution in [1.82, 2.24) is 4.98 Å². The fourth-order valence-corrected chi connectivity index (χ4v) is 1.77. The molecule has 0 amide bonds. The molecule has 1 heterocycles. The van der Waals surface area contributed by atoms with Crippen molar-refractivity contribution in [3.63, 3.8) is 0 Å². The van der Waals surface area contributed by atoms with E-state index in [9.17, 15) is 13.2 Å². The van der Waals surface area contributed by atoms with E-state index >= 15 is 0 Å². The highest BCUT2D eigenvalue weighted by molar-refractivity contribution is 5.60. The van der Waals surface area contributed by atoms with Crippen molar-refractivity contribution in [3.05, 3.63) is 53.2 Å². The molecule has 0 unspecified atom stereocenters. The Kier molecular flexibility index (Phi) is 3.57. The van der Waals surface area contributed by atoms with Crippen LogP contribution in [0.3, 0.4) is 0 Å². The van der Waals surface area contributed by atoms with Crippen LogP contribution < -0.4 is 5.73 Å². The van der Waals surface area contributed by atoms with Crippen molar-refractivity contribution in [2.75, 3.05) is 0 Å². The normalized spacial score (nSPS) is 11.6. The molecular weight excluding hydrogens is 253 g/mol. The van der Waals surface area contributed by atoms with Crippen LogP contribution in [0, 0.1) is 6.92 Å². The number of aryl methyl sites for hydroxylation is 1. The van der Waals surface area contributed by atoms with E-state index in [4.69, 9.17) is 5.73 Å². The number of nitrogens with two attached hydrogens (primary N) is 1. The zero-order valence-electron chi connectivity index (χ0n) is 10.3. The Labute approximate surface area is 109 Å². The number of hydrogen-bond donors (Lipinski definition) is 1. The molecule has 0 aliphatic rings. The first-order valence-corrected chi connectivity index (χ1v) is 5.75. The van der Waals surface area contributed by atoms with Crippen LogP contribution in [0.4, 0.5) is 13.2 Å². The van der Waals surface area contributed by atoms with Gasteiger partial charge in [-0.05, 0) is 36.2 Å². The van der Waals surface area contributed by atoms with Gasteiger partial charge in [-0.15, -0.1) is 0 Å². The van der Waals surface area contributed by atoms with Crippen molar-refractivity contribution in [2.24, 2.45) is 5.73 Å². The number of halogens is 3. The lowest BCUT2D eigenvalue weighted by molar-refractivity contribution is -0.137. The second-order valence-electron chi connectivity index (χ2n) is 4.28. The maximum Gasteiger partial charge on any atom is 0.416 e. The van der Waals surface area contributed by atoms with Gasteiger partial charge in [0.1, 0.15) is 0 Å². The summed E-state index contributed by atoms with van der Waals surface area (Å²) >= 11 is 0. The van der Waals surface area contributed by atoms with Gasteiger partial charge in [-0.3, -0.25) is 4.98 Å². The first kappa shape index (κ1) is 13.5. The Hall–Kier alpha value is -1.88. The van der Waals surface area contributed by atoms with Gasteiger partial charge in [-0.25, -0.2) is 0 Å². The number of aromatic nitrogens is 1. The highest BCUT2D eigenvalue weighted by Crippen LogP contribution is 2.30. The van der Waals surface area contributed by atoms with Gasteiger partial charge in [0.25, 0.3) is 0 Å². The van der Waals surface area contributed by atoms with E-state index in [2.05, 4.69) is 4.98 Å². The highest BCUT2D eigenvalue weighted by Gasteiger charge is 2.29. The fraction of sp³-hybridized carbons (Fsp3) is 0.214. The summed E-state index contributed by atoms with van der Waals surface area (Å²) in [7, 11) is 0. The van der Waals surface area contributed by atoms with Crippen molar-refractivity contribution in [3.8, 4) is 11.3 Å². The molecule has 0 radical (unpaired) electrons. The van der Waals surface area contributed by atoms with Crippen LogP contribution in [0.25, 0.3) is 11.3 Å². The van der Waals surface area contributed by atoms with Crippen LogP contribution in [0.2, 0.25) is 0 Å². The summed E-state index contributed by atoms with van der Waals surface area (Å²) in [6, 6.07) is 6.75. The fourth-order valence-electron chi connectivity index (χ4n) is 1.77. The molecule has 0 atom stereocenters. The van der Waals surface area contributed by atoms with Gasteiger partial charge in [0.15, 0.2) is 0 Å². The van der Waals surface area contributed by atoms with Crippen LogP contribution in [0.1, 0.15) is 16.7 Å². The van der Waals surface area contributed by atoms with Gasteiger partial charge >= 0.3 is 6.18 Å². The van der Waals surface area contributed by atoms with E-state index in [1.54, 1.807) is 12.3 Å². The van der Waals surface area contributed by atoms with E-state index in [-0.39, 0.29) is 0 Å². The molecule has 1 aromatic carbocycles. The lowest BCUT2D eigenvalue weighted by Crippen LogP contribution is -2.04. The van der Waals surface area contributed by atoms with Gasteiger partial charge in [0, 0.05) is 18.3 Å². The number of rotatable bonds is 2. The topological polar surface area (TPSA) is 38.9 Å². The predicted molar refractivity (Wildman–Crippen MR) is 67.3 cm³/mol. The minimum Gasteiger partial charge on any atom is -0.326 e. The van der Waals surface area contributed by atoms with Crippen molar-refractivity contribution < 1.29 is 13.2 Å². The zero-order chi connectivity index (χ0) is 14.0. The molecule has 2 aromatic rings. The molecule has 0 bridgehead atoms. The molecule has 5 heteroatoms. The summed E-state index contributed by atoms with van der Waals surface area (Å²) in [5.41, 5.74) is 8.11. The monoisotopic (exact) mass is 266 g/mol. The third-order valence-corrected chi connectivity index (χ3v) is 2.94. The summed E-state index contributed by atoms with van der Waals surface area (Å²) < 4.78 is 37.4. The minimum atomic E-state index is -4.32. The van der Waals surface area contributed by atoms with E-state index in [0.29, 0.717) is 17.8 Å². The van der Waals surface area contributed by atoms with Crippen LogP contribution >= 0.6 is 0 Å². The number of alkyl halides is 3. The molecule has 2 N–H and O–H groups in total. The Balaban J connectivity index is 2.37. The highest BCUT2D eigenvalue weighted by atomic mass is 19.4. The molecule has 2 nitrogen and oxygen atoms in total. The molecule has 0 aliphatic heterocycles. The van der Waals surface area contributed by atoms with Crippen molar-refractivity contribution in [2.45, 2.75) is 19.6 Å². The van der Waals surface area contributed by atoms with Crippen LogP contribution in [0.5, 0.6) is 0 Å². The quantitative estimate of drug-likeness (QED) is 0.903. The lowest BCUT2D eigenvalue weighted by Gasteiger charge is -2.09. The standard InChI is InChI=1S/C14H13F3N2/c1-9-8-19-13(6-11(9)7-18)10-2-4-12(5-3-10)14(15,16)17/h2-6,8H,7,18H2,1H3. The lowest BCUT2D eigenvalue weighted by atomic mass is 10.0. The summed E-state index contributed by atoms with van der Waals surface area (Å²) in [5.74, 6) is 0. The Bertz CT molecular complexity index is 574. The molecule has 100 valence electrons. The average Bonchev–Trinajstić information content (AvgIpc) is 2.38. The van der Waals surface area contributed by atoms with Gasteiger partial charge < -0.3 is 5.73 Å². The summed E-state index contributed by atoms with van der Waals surface area (Å²) in [5, 5.41) is 0. The van der Waals surface area contributed by atoms with Gasteiger partial charge in [-0.2, -0.15) is 13.2 Å². The molecule has 0 saturated carbocycles.